The summed E-state index contributed by atoms with van der Waals surface area (Å²) >= 11 is 1.15. The number of carbonyl (C=O) groups excluding carboxylic acids is 1. The van der Waals surface area contributed by atoms with Gasteiger partial charge in [0, 0.05) is 28.7 Å². The smallest absolute Gasteiger partial charge is 0.283 e. The number of benzene rings is 3. The number of rotatable bonds is 9. The Labute approximate surface area is 227 Å². The zero-order chi connectivity index (χ0) is 27.5. The second-order valence-corrected chi connectivity index (χ2v) is 9.32. The number of aromatic nitrogens is 3. The Bertz CT molecular complexity index is 1750. The van der Waals surface area contributed by atoms with Gasteiger partial charge in [-0.05, 0) is 30.3 Å². The summed E-state index contributed by atoms with van der Waals surface area (Å²) in [6.45, 7) is 0. The number of ether oxygens (including phenoxy) is 4. The van der Waals surface area contributed by atoms with Crippen LogP contribution < -0.4 is 29.8 Å². The van der Waals surface area contributed by atoms with Gasteiger partial charge in [-0.15, -0.1) is 0 Å². The zero-order valence-electron chi connectivity index (χ0n) is 21.7. The van der Waals surface area contributed by atoms with Crippen LogP contribution in [0.3, 0.4) is 0 Å². The largest absolute Gasteiger partial charge is 0.493 e. The van der Waals surface area contributed by atoms with Gasteiger partial charge in [0.05, 0.1) is 39.9 Å². The standard InChI is InChI=1S/C28H26N4O6S/c1-35-20-11-9-16(13-22(20)37-3)29-24(33)15-39-28-31-25-18-7-5-6-8-19(18)30-26(25)27(34)32(28)17-10-12-21(36-2)23(14-17)38-4/h5-14,30H,15H2,1-4H3,(H,29,33). The van der Waals surface area contributed by atoms with E-state index in [2.05, 4.69) is 10.3 Å². The molecular weight excluding hydrogens is 520 g/mol. The highest BCUT2D eigenvalue weighted by Crippen LogP contribution is 2.32. The van der Waals surface area contributed by atoms with Crippen molar-refractivity contribution in [2.75, 3.05) is 39.5 Å². The van der Waals surface area contributed by atoms with Crippen molar-refractivity contribution >= 4 is 45.3 Å². The van der Waals surface area contributed by atoms with E-state index in [0.29, 0.717) is 50.6 Å². The van der Waals surface area contributed by atoms with Crippen LogP contribution in [-0.2, 0) is 4.79 Å². The fourth-order valence-electron chi connectivity index (χ4n) is 4.27. The topological polar surface area (TPSA) is 117 Å². The van der Waals surface area contributed by atoms with Crippen molar-refractivity contribution < 1.29 is 23.7 Å². The molecule has 0 aliphatic heterocycles. The van der Waals surface area contributed by atoms with Gasteiger partial charge in [0.1, 0.15) is 11.0 Å². The average Bonchev–Trinajstić information content (AvgIpc) is 3.34. The lowest BCUT2D eigenvalue weighted by atomic mass is 10.2. The van der Waals surface area contributed by atoms with Gasteiger partial charge in [-0.3, -0.25) is 14.2 Å². The molecule has 0 saturated heterocycles. The fourth-order valence-corrected chi connectivity index (χ4v) is 5.08. The van der Waals surface area contributed by atoms with Gasteiger partial charge < -0.3 is 29.2 Å². The molecule has 200 valence electrons. The second kappa shape index (κ2) is 11.0. The van der Waals surface area contributed by atoms with Crippen LogP contribution in [-0.4, -0.2) is 54.6 Å². The number of nitrogens with zero attached hydrogens (tertiary/aromatic N) is 2. The van der Waals surface area contributed by atoms with Crippen LogP contribution in [0.1, 0.15) is 0 Å². The minimum Gasteiger partial charge on any atom is -0.493 e. The molecule has 10 nitrogen and oxygen atoms in total. The first-order valence-corrected chi connectivity index (χ1v) is 12.9. The molecule has 5 aromatic rings. The number of methoxy groups -OCH3 is 4. The van der Waals surface area contributed by atoms with Gasteiger partial charge in [0.2, 0.25) is 5.91 Å². The van der Waals surface area contributed by atoms with E-state index in [4.69, 9.17) is 23.9 Å². The molecular formula is C28H26N4O6S. The normalized spacial score (nSPS) is 11.0. The van der Waals surface area contributed by atoms with E-state index in [1.165, 1.54) is 18.8 Å². The van der Waals surface area contributed by atoms with Gasteiger partial charge in [0.15, 0.2) is 28.2 Å². The zero-order valence-corrected chi connectivity index (χ0v) is 22.5. The Hall–Kier alpha value is -4.64. The molecule has 0 aliphatic rings. The number of hydrogen-bond acceptors (Lipinski definition) is 8. The Kier molecular flexibility index (Phi) is 7.33. The highest BCUT2D eigenvalue weighted by Gasteiger charge is 2.19. The third kappa shape index (κ3) is 4.96. The van der Waals surface area contributed by atoms with E-state index in [0.717, 1.165) is 22.7 Å². The molecule has 1 amide bonds. The average molecular weight is 547 g/mol. The van der Waals surface area contributed by atoms with Crippen molar-refractivity contribution in [2.24, 2.45) is 0 Å². The highest BCUT2D eigenvalue weighted by molar-refractivity contribution is 7.99. The summed E-state index contributed by atoms with van der Waals surface area (Å²) in [4.78, 5) is 34.8. The summed E-state index contributed by atoms with van der Waals surface area (Å²) in [6, 6.07) is 17.8. The lowest BCUT2D eigenvalue weighted by Crippen LogP contribution is -2.23. The van der Waals surface area contributed by atoms with E-state index in [-0.39, 0.29) is 17.2 Å². The third-order valence-corrected chi connectivity index (χ3v) is 7.06. The fraction of sp³-hybridized carbons (Fsp3) is 0.179. The van der Waals surface area contributed by atoms with Crippen LogP contribution in [0, 0.1) is 0 Å². The maximum Gasteiger partial charge on any atom is 0.283 e. The maximum atomic E-state index is 13.8. The summed E-state index contributed by atoms with van der Waals surface area (Å²) in [5, 5.41) is 4.03. The molecule has 0 unspecified atom stereocenters. The Morgan fingerprint density at radius 3 is 2.28 bits per heavy atom. The van der Waals surface area contributed by atoms with Crippen molar-refractivity contribution in [3.05, 3.63) is 71.0 Å². The Balaban J connectivity index is 1.53. The minimum atomic E-state index is -0.300. The van der Waals surface area contributed by atoms with Crippen LogP contribution in [0.25, 0.3) is 27.6 Å². The third-order valence-electron chi connectivity index (χ3n) is 6.12. The lowest BCUT2D eigenvalue weighted by Gasteiger charge is -2.15. The lowest BCUT2D eigenvalue weighted by molar-refractivity contribution is -0.113. The quantitative estimate of drug-likeness (QED) is 0.203. The maximum absolute atomic E-state index is 13.8. The molecule has 2 aromatic heterocycles. The number of H-pyrrole nitrogens is 1. The first kappa shape index (κ1) is 26.0. The molecule has 0 spiro atoms. The van der Waals surface area contributed by atoms with Gasteiger partial charge >= 0.3 is 0 Å². The van der Waals surface area contributed by atoms with Crippen LogP contribution in [0.5, 0.6) is 23.0 Å². The predicted molar refractivity (Wildman–Crippen MR) is 151 cm³/mol. The van der Waals surface area contributed by atoms with Crippen LogP contribution in [0.2, 0.25) is 0 Å². The number of hydrogen-bond donors (Lipinski definition) is 2. The number of carbonyl (C=O) groups is 1. The van der Waals surface area contributed by atoms with Gasteiger partial charge in [-0.25, -0.2) is 4.98 Å². The molecule has 0 atom stereocenters. The molecule has 5 rings (SSSR count). The van der Waals surface area contributed by atoms with Gasteiger partial charge in [-0.2, -0.15) is 0 Å². The predicted octanol–water partition coefficient (Wildman–Crippen LogP) is 4.63. The molecule has 39 heavy (non-hydrogen) atoms. The van der Waals surface area contributed by atoms with Crippen molar-refractivity contribution in [1.82, 2.24) is 14.5 Å². The van der Waals surface area contributed by atoms with Crippen LogP contribution >= 0.6 is 11.8 Å². The molecule has 0 bridgehead atoms. The van der Waals surface area contributed by atoms with Crippen LogP contribution in [0.4, 0.5) is 5.69 Å². The molecule has 3 aromatic carbocycles. The number of nitrogens with one attached hydrogen (secondary N) is 2. The van der Waals surface area contributed by atoms with Gasteiger partial charge in [0.25, 0.3) is 5.56 Å². The number of aromatic amines is 1. The van der Waals surface area contributed by atoms with E-state index in [9.17, 15) is 9.59 Å². The molecule has 0 radical (unpaired) electrons. The van der Waals surface area contributed by atoms with Crippen molar-refractivity contribution in [1.29, 1.82) is 0 Å². The second-order valence-electron chi connectivity index (χ2n) is 8.38. The van der Waals surface area contributed by atoms with E-state index in [1.54, 1.807) is 50.6 Å². The summed E-state index contributed by atoms with van der Waals surface area (Å²) in [5.74, 6) is 1.76. The SMILES string of the molecule is COc1ccc(NC(=O)CSc2nc3c([nH]c4ccccc43)c(=O)n2-c2ccc(OC)c(OC)c2)cc1OC. The number of amides is 1. The summed E-state index contributed by atoms with van der Waals surface area (Å²) < 4.78 is 22.9. The summed E-state index contributed by atoms with van der Waals surface area (Å²) in [7, 11) is 6.14. The van der Waals surface area contributed by atoms with Crippen molar-refractivity contribution in [2.45, 2.75) is 5.16 Å². The first-order chi connectivity index (χ1) is 19.0. The van der Waals surface area contributed by atoms with E-state index >= 15 is 0 Å². The molecule has 2 N–H and O–H groups in total. The summed E-state index contributed by atoms with van der Waals surface area (Å²) in [5.41, 5.74) is 2.47. The number of fused-ring (bicyclic) bond motifs is 3. The van der Waals surface area contributed by atoms with Crippen molar-refractivity contribution in [3.63, 3.8) is 0 Å². The van der Waals surface area contributed by atoms with E-state index < -0.39 is 0 Å². The molecule has 2 heterocycles. The summed E-state index contributed by atoms with van der Waals surface area (Å²) in [6.07, 6.45) is 0. The van der Waals surface area contributed by atoms with Gasteiger partial charge in [-0.1, -0.05) is 30.0 Å². The Morgan fingerprint density at radius 1 is 0.897 bits per heavy atom. The highest BCUT2D eigenvalue weighted by atomic mass is 32.2. The molecule has 11 heteroatoms. The van der Waals surface area contributed by atoms with Crippen LogP contribution in [0.15, 0.2) is 70.6 Å². The number of thioether (sulfide) groups is 1. The first-order valence-electron chi connectivity index (χ1n) is 11.9. The minimum absolute atomic E-state index is 0.00192. The van der Waals surface area contributed by atoms with E-state index in [1.807, 2.05) is 24.3 Å². The molecule has 0 aliphatic carbocycles. The number of anilines is 1. The molecule has 0 saturated carbocycles. The monoisotopic (exact) mass is 546 g/mol. The van der Waals surface area contributed by atoms with Crippen molar-refractivity contribution in [3.8, 4) is 28.7 Å². The number of para-hydroxylation sites is 1. The Morgan fingerprint density at radius 2 is 1.56 bits per heavy atom. The molecule has 0 fully saturated rings.